The second-order valence-electron chi connectivity index (χ2n) is 12.1. The predicted octanol–water partition coefficient (Wildman–Crippen LogP) is 12.0. The topological polar surface area (TPSA) is 19.7 Å². The molecule has 1 rings (SSSR count). The fourth-order valence-corrected chi connectivity index (χ4v) is 6.05. The van der Waals surface area contributed by atoms with E-state index in [-0.39, 0.29) is 0 Å². The third kappa shape index (κ3) is 19.9. The molecule has 1 N–H and O–H groups in total. The van der Waals surface area contributed by atoms with Crippen LogP contribution in [0.2, 0.25) is 0 Å². The molecule has 0 saturated carbocycles. The summed E-state index contributed by atoms with van der Waals surface area (Å²) in [5, 5.41) is 0. The molecule has 2 nitrogen and oxygen atoms in total. The SMILES string of the molecule is CCCCCCCCCCCCCCCCC[C@H](CCCCCCCCCCC)c1[nH]cc[n+]1CCC. The van der Waals surface area contributed by atoms with E-state index in [1.165, 1.54) is 179 Å². The molecule has 0 bridgehead atoms. The molecule has 0 saturated heterocycles. The summed E-state index contributed by atoms with van der Waals surface area (Å²) in [7, 11) is 0. The number of aryl methyl sites for hydroxylation is 1. The van der Waals surface area contributed by atoms with Gasteiger partial charge in [-0.25, -0.2) is 9.55 Å². The number of H-pyrrole nitrogens is 1. The van der Waals surface area contributed by atoms with Crippen LogP contribution in [-0.4, -0.2) is 4.98 Å². The van der Waals surface area contributed by atoms with E-state index in [1.807, 2.05) is 0 Å². The minimum Gasteiger partial charge on any atom is -0.247 e. The van der Waals surface area contributed by atoms with Crippen LogP contribution in [0.25, 0.3) is 0 Å². The van der Waals surface area contributed by atoms with Gasteiger partial charge in [-0.1, -0.05) is 175 Å². The molecule has 218 valence electrons. The molecule has 0 radical (unpaired) electrons. The lowest BCUT2D eigenvalue weighted by molar-refractivity contribution is -0.704. The van der Waals surface area contributed by atoms with Gasteiger partial charge in [-0.05, 0) is 19.3 Å². The Morgan fingerprint density at radius 3 is 1.19 bits per heavy atom. The first-order valence-corrected chi connectivity index (χ1v) is 17.4. The second kappa shape index (κ2) is 26.8. The molecular weight excluding hydrogens is 448 g/mol. The average molecular weight is 518 g/mol. The first-order valence-electron chi connectivity index (χ1n) is 17.4. The summed E-state index contributed by atoms with van der Waals surface area (Å²) in [4.78, 5) is 3.64. The molecule has 37 heavy (non-hydrogen) atoms. The maximum absolute atomic E-state index is 3.64. The van der Waals surface area contributed by atoms with Crippen molar-refractivity contribution in [3.8, 4) is 0 Å². The molecule has 0 spiro atoms. The van der Waals surface area contributed by atoms with Gasteiger partial charge in [-0.2, -0.15) is 0 Å². The van der Waals surface area contributed by atoms with E-state index in [0.29, 0.717) is 0 Å². The highest BCUT2D eigenvalue weighted by Gasteiger charge is 2.22. The van der Waals surface area contributed by atoms with Crippen molar-refractivity contribution in [2.45, 2.75) is 207 Å². The van der Waals surface area contributed by atoms with Crippen molar-refractivity contribution in [3.63, 3.8) is 0 Å². The maximum Gasteiger partial charge on any atom is 0.257 e. The number of nitrogens with zero attached hydrogens (tertiary/aromatic N) is 1. The van der Waals surface area contributed by atoms with Crippen LogP contribution in [0, 0.1) is 0 Å². The molecule has 1 aromatic heterocycles. The minimum absolute atomic E-state index is 0.730. The summed E-state index contributed by atoms with van der Waals surface area (Å²) in [6.45, 7) is 8.08. The van der Waals surface area contributed by atoms with E-state index in [9.17, 15) is 0 Å². The lowest BCUT2D eigenvalue weighted by atomic mass is 9.93. The Balaban J connectivity index is 2.13. The summed E-state index contributed by atoms with van der Waals surface area (Å²) in [6.07, 6.45) is 43.0. The van der Waals surface area contributed by atoms with Crippen LogP contribution in [0.15, 0.2) is 12.4 Å². The zero-order valence-electron chi connectivity index (χ0n) is 26.0. The second-order valence-corrected chi connectivity index (χ2v) is 12.1. The van der Waals surface area contributed by atoms with Crippen molar-refractivity contribution in [2.75, 3.05) is 0 Å². The molecule has 0 aliphatic rings. The number of hydrogen-bond donors (Lipinski definition) is 1. The Kier molecular flexibility index (Phi) is 24.8. The molecule has 0 amide bonds. The molecule has 0 aliphatic carbocycles. The third-order valence-electron chi connectivity index (χ3n) is 8.46. The molecule has 0 fully saturated rings. The van der Waals surface area contributed by atoms with E-state index in [0.717, 1.165) is 12.5 Å². The van der Waals surface area contributed by atoms with Crippen LogP contribution in [0.3, 0.4) is 0 Å². The van der Waals surface area contributed by atoms with Crippen molar-refractivity contribution in [2.24, 2.45) is 0 Å². The van der Waals surface area contributed by atoms with Crippen molar-refractivity contribution in [1.82, 2.24) is 4.98 Å². The molecule has 1 aromatic rings. The molecule has 0 unspecified atom stereocenters. The highest BCUT2D eigenvalue weighted by molar-refractivity contribution is 4.90. The van der Waals surface area contributed by atoms with Gasteiger partial charge < -0.3 is 0 Å². The van der Waals surface area contributed by atoms with E-state index in [4.69, 9.17) is 0 Å². The molecule has 2 heteroatoms. The zero-order valence-corrected chi connectivity index (χ0v) is 26.0. The number of aromatic nitrogens is 2. The van der Waals surface area contributed by atoms with Crippen molar-refractivity contribution in [1.29, 1.82) is 0 Å². The summed E-state index contributed by atoms with van der Waals surface area (Å²) < 4.78 is 2.50. The fraction of sp³-hybridized carbons (Fsp3) is 0.914. The van der Waals surface area contributed by atoms with Crippen molar-refractivity contribution >= 4 is 0 Å². The molecular formula is C35H69N2+. The number of aromatic amines is 1. The smallest absolute Gasteiger partial charge is 0.247 e. The van der Waals surface area contributed by atoms with Crippen LogP contribution in [0.4, 0.5) is 0 Å². The van der Waals surface area contributed by atoms with Crippen LogP contribution < -0.4 is 4.57 Å². The molecule has 0 aromatic carbocycles. The van der Waals surface area contributed by atoms with Gasteiger partial charge in [0.25, 0.3) is 5.82 Å². The fourth-order valence-electron chi connectivity index (χ4n) is 6.05. The van der Waals surface area contributed by atoms with E-state index < -0.39 is 0 Å². The van der Waals surface area contributed by atoms with Gasteiger partial charge in [0.05, 0.1) is 12.5 Å². The van der Waals surface area contributed by atoms with Gasteiger partial charge in [0, 0.05) is 0 Å². The van der Waals surface area contributed by atoms with E-state index in [2.05, 4.69) is 42.7 Å². The van der Waals surface area contributed by atoms with Gasteiger partial charge in [-0.15, -0.1) is 0 Å². The largest absolute Gasteiger partial charge is 0.257 e. The summed E-state index contributed by atoms with van der Waals surface area (Å²) in [5.41, 5.74) is 0. The van der Waals surface area contributed by atoms with Crippen LogP contribution >= 0.6 is 0 Å². The minimum atomic E-state index is 0.730. The number of nitrogens with one attached hydrogen (secondary N) is 1. The molecule has 1 atom stereocenters. The third-order valence-corrected chi connectivity index (χ3v) is 8.46. The number of rotatable bonds is 29. The Bertz CT molecular complexity index is 563. The number of hydrogen-bond acceptors (Lipinski definition) is 0. The first kappa shape index (κ1) is 34.2. The Morgan fingerprint density at radius 1 is 0.486 bits per heavy atom. The quantitative estimate of drug-likeness (QED) is 0.0805. The van der Waals surface area contributed by atoms with E-state index in [1.54, 1.807) is 0 Å². The number of imidazole rings is 1. The molecule has 0 aliphatic heterocycles. The van der Waals surface area contributed by atoms with Gasteiger partial charge in [0.1, 0.15) is 12.4 Å². The monoisotopic (exact) mass is 518 g/mol. The predicted molar refractivity (Wildman–Crippen MR) is 165 cm³/mol. The zero-order chi connectivity index (χ0) is 26.7. The van der Waals surface area contributed by atoms with Crippen molar-refractivity contribution in [3.05, 3.63) is 18.2 Å². The normalized spacial score (nSPS) is 12.4. The summed E-state index contributed by atoms with van der Waals surface area (Å²) in [5.74, 6) is 2.24. The maximum atomic E-state index is 3.64. The Hall–Kier alpha value is -0.790. The highest BCUT2D eigenvalue weighted by Crippen LogP contribution is 2.26. The van der Waals surface area contributed by atoms with Crippen LogP contribution in [0.5, 0.6) is 0 Å². The standard InChI is InChI=1S/C35H68N2/c1-4-7-9-11-13-15-16-17-18-19-20-22-24-26-28-30-34(35-36-31-33-37(35)32-6-3)29-27-25-23-21-14-12-10-8-5-2/h31,33-34H,4-30,32H2,1-3H3/p+1/t34-/m0/s1. The van der Waals surface area contributed by atoms with Gasteiger partial charge in [0.2, 0.25) is 0 Å². The lowest BCUT2D eigenvalue weighted by Crippen LogP contribution is -2.37. The Morgan fingerprint density at radius 2 is 0.838 bits per heavy atom. The average Bonchev–Trinajstić information content (AvgIpc) is 3.37. The number of unbranched alkanes of at least 4 members (excludes halogenated alkanes) is 22. The van der Waals surface area contributed by atoms with E-state index >= 15 is 0 Å². The lowest BCUT2D eigenvalue weighted by Gasteiger charge is -2.14. The van der Waals surface area contributed by atoms with Gasteiger partial charge in [-0.3, -0.25) is 0 Å². The highest BCUT2D eigenvalue weighted by atomic mass is 15.1. The summed E-state index contributed by atoms with van der Waals surface area (Å²) >= 11 is 0. The Labute approximate surface area is 234 Å². The van der Waals surface area contributed by atoms with Crippen LogP contribution in [0.1, 0.15) is 206 Å². The molecule has 1 heterocycles. The van der Waals surface area contributed by atoms with Gasteiger partial charge >= 0.3 is 0 Å². The summed E-state index contributed by atoms with van der Waals surface area (Å²) in [6, 6.07) is 0. The van der Waals surface area contributed by atoms with Gasteiger partial charge in [0.15, 0.2) is 0 Å². The van der Waals surface area contributed by atoms with Crippen molar-refractivity contribution < 1.29 is 4.57 Å². The van der Waals surface area contributed by atoms with Crippen LogP contribution in [-0.2, 0) is 6.54 Å². The first-order chi connectivity index (χ1) is 18.3.